The van der Waals surface area contributed by atoms with Gasteiger partial charge in [-0.3, -0.25) is 0 Å². The third-order valence-corrected chi connectivity index (χ3v) is 4.61. The number of anilines is 1. The van der Waals surface area contributed by atoms with Gasteiger partial charge < -0.3 is 8.94 Å². The fraction of sp³-hybridized carbons (Fsp3) is 0.267. The molecule has 0 bridgehead atoms. The zero-order valence-electron chi connectivity index (χ0n) is 12.5. The number of furan rings is 1. The van der Waals surface area contributed by atoms with E-state index in [4.69, 9.17) is 8.94 Å². The van der Waals surface area contributed by atoms with Crippen molar-refractivity contribution in [3.05, 3.63) is 42.3 Å². The smallest absolute Gasteiger partial charge is 0.268 e. The average molecular weight is 320 g/mol. The molecule has 3 rings (SSSR count). The number of nitrogens with one attached hydrogen (secondary N) is 1. The van der Waals surface area contributed by atoms with E-state index in [2.05, 4.69) is 9.88 Å². The lowest BCUT2D eigenvalue weighted by molar-refractivity contribution is 0.405. The van der Waals surface area contributed by atoms with Gasteiger partial charge in [0.25, 0.3) is 10.0 Å². The van der Waals surface area contributed by atoms with Crippen molar-refractivity contribution in [3.63, 3.8) is 0 Å². The number of para-hydroxylation sites is 1. The van der Waals surface area contributed by atoms with Crippen molar-refractivity contribution in [2.24, 2.45) is 0 Å². The van der Waals surface area contributed by atoms with E-state index in [1.165, 1.54) is 6.26 Å². The maximum absolute atomic E-state index is 12.5. The molecule has 1 aromatic carbocycles. The second-order valence-corrected chi connectivity index (χ2v) is 7.68. The molecule has 3 aromatic rings. The zero-order chi connectivity index (χ0) is 16.0. The van der Waals surface area contributed by atoms with Crippen LogP contribution >= 0.6 is 0 Å². The number of hydrogen-bond acceptors (Lipinski definition) is 5. The van der Waals surface area contributed by atoms with Gasteiger partial charge in [-0.2, -0.15) is 0 Å². The van der Waals surface area contributed by atoms with Crippen molar-refractivity contribution >= 4 is 26.9 Å². The Labute approximate surface area is 128 Å². The Balaban J connectivity index is 1.96. The summed E-state index contributed by atoms with van der Waals surface area (Å²) in [5, 5.41) is 4.41. The van der Waals surface area contributed by atoms with Gasteiger partial charge in [0, 0.05) is 16.9 Å². The molecule has 2 aromatic heterocycles. The molecule has 6 nitrogen and oxygen atoms in total. The summed E-state index contributed by atoms with van der Waals surface area (Å²) < 4.78 is 37.7. The number of hydrogen-bond donors (Lipinski definition) is 1. The summed E-state index contributed by atoms with van der Waals surface area (Å²) in [5.74, 6) is 0.0789. The van der Waals surface area contributed by atoms with Gasteiger partial charge in [-0.15, -0.1) is 0 Å². The van der Waals surface area contributed by atoms with E-state index in [-0.39, 0.29) is 16.2 Å². The molecule has 0 saturated heterocycles. The lowest BCUT2D eigenvalue weighted by Crippen LogP contribution is -2.13. The Kier molecular flexibility index (Phi) is 3.25. The molecule has 0 aliphatic heterocycles. The minimum atomic E-state index is -3.81. The van der Waals surface area contributed by atoms with Gasteiger partial charge in [0.2, 0.25) is 5.88 Å². The number of fused-ring (bicyclic) bond motifs is 1. The molecule has 0 aliphatic carbocycles. The van der Waals surface area contributed by atoms with E-state index in [9.17, 15) is 8.42 Å². The highest BCUT2D eigenvalue weighted by Gasteiger charge is 2.24. The summed E-state index contributed by atoms with van der Waals surface area (Å²) in [7, 11) is -3.81. The molecular weight excluding hydrogens is 304 g/mol. The van der Waals surface area contributed by atoms with Crippen LogP contribution in [0.3, 0.4) is 0 Å². The normalized spacial score (nSPS) is 12.7. The first kappa shape index (κ1) is 14.6. The van der Waals surface area contributed by atoms with Gasteiger partial charge in [-0.1, -0.05) is 38.1 Å². The Hall–Kier alpha value is -2.28. The van der Waals surface area contributed by atoms with Crippen LogP contribution in [0, 0.1) is 0 Å². The summed E-state index contributed by atoms with van der Waals surface area (Å²) in [6.45, 7) is 5.89. The number of sulfonamides is 1. The van der Waals surface area contributed by atoms with E-state index in [1.54, 1.807) is 30.3 Å². The SMILES string of the molecule is CC(C)(C)c1cc(NS(=O)(=O)c2coc3ccccc23)on1. The monoisotopic (exact) mass is 320 g/mol. The van der Waals surface area contributed by atoms with E-state index in [1.807, 2.05) is 20.8 Å². The molecule has 0 aliphatic rings. The van der Waals surface area contributed by atoms with Gasteiger partial charge in [-0.05, 0) is 12.1 Å². The number of rotatable bonds is 3. The third-order valence-electron chi connectivity index (χ3n) is 3.25. The predicted octanol–water partition coefficient (Wildman–Crippen LogP) is 3.52. The maximum Gasteiger partial charge on any atom is 0.268 e. The van der Waals surface area contributed by atoms with Crippen LogP contribution in [-0.4, -0.2) is 13.6 Å². The third kappa shape index (κ3) is 2.59. The Bertz CT molecular complexity index is 916. The summed E-state index contributed by atoms with van der Waals surface area (Å²) in [6, 6.07) is 8.51. The molecule has 0 saturated carbocycles. The Morgan fingerprint density at radius 2 is 1.91 bits per heavy atom. The molecule has 22 heavy (non-hydrogen) atoms. The van der Waals surface area contributed by atoms with Crippen LogP contribution in [0.1, 0.15) is 26.5 Å². The first-order chi connectivity index (χ1) is 10.3. The molecule has 0 amide bonds. The fourth-order valence-corrected chi connectivity index (χ4v) is 3.13. The molecule has 0 unspecified atom stereocenters. The molecule has 2 heterocycles. The molecule has 0 radical (unpaired) electrons. The molecule has 0 atom stereocenters. The molecule has 0 spiro atoms. The Morgan fingerprint density at radius 3 is 2.59 bits per heavy atom. The van der Waals surface area contributed by atoms with Crippen LogP contribution in [0.2, 0.25) is 0 Å². The van der Waals surface area contributed by atoms with Crippen LogP contribution < -0.4 is 4.72 Å². The van der Waals surface area contributed by atoms with E-state index < -0.39 is 10.0 Å². The fourth-order valence-electron chi connectivity index (χ4n) is 2.03. The van der Waals surface area contributed by atoms with Crippen molar-refractivity contribution in [3.8, 4) is 0 Å². The van der Waals surface area contributed by atoms with Crippen LogP contribution in [0.5, 0.6) is 0 Å². The van der Waals surface area contributed by atoms with Gasteiger partial charge in [0.1, 0.15) is 16.7 Å². The lowest BCUT2D eigenvalue weighted by atomic mass is 9.92. The highest BCUT2D eigenvalue weighted by atomic mass is 32.2. The van der Waals surface area contributed by atoms with Gasteiger partial charge in [0.05, 0.1) is 5.69 Å². The highest BCUT2D eigenvalue weighted by molar-refractivity contribution is 7.93. The van der Waals surface area contributed by atoms with Crippen LogP contribution in [0.25, 0.3) is 11.0 Å². The van der Waals surface area contributed by atoms with Crippen LogP contribution in [-0.2, 0) is 15.4 Å². The van der Waals surface area contributed by atoms with E-state index in [0.717, 1.165) is 0 Å². The Morgan fingerprint density at radius 1 is 1.18 bits per heavy atom. The quantitative estimate of drug-likeness (QED) is 0.798. The van der Waals surface area contributed by atoms with Crippen molar-refractivity contribution in [2.75, 3.05) is 4.72 Å². The van der Waals surface area contributed by atoms with Crippen LogP contribution in [0.15, 0.2) is 50.4 Å². The summed E-state index contributed by atoms with van der Waals surface area (Å²) >= 11 is 0. The summed E-state index contributed by atoms with van der Waals surface area (Å²) in [5.41, 5.74) is 0.952. The second-order valence-electron chi connectivity index (χ2n) is 6.03. The standard InChI is InChI=1S/C15H16N2O4S/c1-15(2,3)13-8-14(21-16-13)17-22(18,19)12-9-20-11-7-5-4-6-10(11)12/h4-9,17H,1-3H3. The second kappa shape index (κ2) is 4.88. The topological polar surface area (TPSA) is 85.3 Å². The molecular formula is C15H16N2O4S. The first-order valence-corrected chi connectivity index (χ1v) is 8.22. The van der Waals surface area contributed by atoms with Crippen molar-refractivity contribution in [1.29, 1.82) is 0 Å². The lowest BCUT2D eigenvalue weighted by Gasteiger charge is -2.12. The summed E-state index contributed by atoms with van der Waals surface area (Å²) in [4.78, 5) is 0.0665. The molecule has 116 valence electrons. The van der Waals surface area contributed by atoms with Crippen LogP contribution in [0.4, 0.5) is 5.88 Å². The first-order valence-electron chi connectivity index (χ1n) is 6.74. The van der Waals surface area contributed by atoms with E-state index in [0.29, 0.717) is 16.7 Å². The molecule has 1 N–H and O–H groups in total. The highest BCUT2D eigenvalue weighted by Crippen LogP contribution is 2.28. The predicted molar refractivity (Wildman–Crippen MR) is 82.2 cm³/mol. The zero-order valence-corrected chi connectivity index (χ0v) is 13.3. The number of aromatic nitrogens is 1. The largest absolute Gasteiger partial charge is 0.463 e. The number of nitrogens with zero attached hydrogens (tertiary/aromatic N) is 1. The average Bonchev–Trinajstić information content (AvgIpc) is 3.03. The van der Waals surface area contributed by atoms with Gasteiger partial charge in [-0.25, -0.2) is 13.1 Å². The number of benzene rings is 1. The van der Waals surface area contributed by atoms with E-state index >= 15 is 0 Å². The van der Waals surface area contributed by atoms with Crippen molar-refractivity contribution < 1.29 is 17.4 Å². The minimum absolute atomic E-state index is 0.0665. The maximum atomic E-state index is 12.5. The van der Waals surface area contributed by atoms with Crippen molar-refractivity contribution in [1.82, 2.24) is 5.16 Å². The summed E-state index contributed by atoms with van der Waals surface area (Å²) in [6.07, 6.45) is 1.22. The van der Waals surface area contributed by atoms with Gasteiger partial charge >= 0.3 is 0 Å². The van der Waals surface area contributed by atoms with Crippen molar-refractivity contribution in [2.45, 2.75) is 31.1 Å². The molecule has 7 heteroatoms. The van der Waals surface area contributed by atoms with Gasteiger partial charge in [0.15, 0.2) is 0 Å². The minimum Gasteiger partial charge on any atom is -0.463 e. The molecule has 0 fully saturated rings.